The number of amides is 1. The maximum atomic E-state index is 11.5. The van der Waals surface area contributed by atoms with Crippen molar-refractivity contribution in [2.45, 2.75) is 6.42 Å². The molecule has 1 atom stereocenters. The van der Waals surface area contributed by atoms with E-state index < -0.39 is 0 Å². The lowest BCUT2D eigenvalue weighted by Gasteiger charge is -2.08. The summed E-state index contributed by atoms with van der Waals surface area (Å²) in [5, 5.41) is 0. The molecule has 3 heteroatoms. The van der Waals surface area contributed by atoms with E-state index in [0.29, 0.717) is 13.0 Å². The smallest absolute Gasteiger partial charge is 0.290 e. The van der Waals surface area contributed by atoms with Gasteiger partial charge >= 0.3 is 0 Å². The maximum Gasteiger partial charge on any atom is 0.290 e. The first-order chi connectivity index (χ1) is 7.18. The van der Waals surface area contributed by atoms with Crippen LogP contribution in [0.4, 0.5) is 0 Å². The van der Waals surface area contributed by atoms with Crippen molar-refractivity contribution < 1.29 is 9.59 Å². The number of carbonyl (C=O) groups excluding carboxylic acids is 2. The van der Waals surface area contributed by atoms with Crippen molar-refractivity contribution >= 4 is 11.7 Å². The van der Waals surface area contributed by atoms with Crippen LogP contribution in [0.15, 0.2) is 30.3 Å². The highest BCUT2D eigenvalue weighted by Crippen LogP contribution is 2.17. The Morgan fingerprint density at radius 1 is 1.27 bits per heavy atom. The Bertz CT molecular complexity index is 386. The van der Waals surface area contributed by atoms with E-state index in [9.17, 15) is 9.59 Å². The van der Waals surface area contributed by atoms with Gasteiger partial charge in [0.2, 0.25) is 5.78 Å². The third kappa shape index (κ3) is 1.91. The average molecular weight is 203 g/mol. The van der Waals surface area contributed by atoms with E-state index in [0.717, 1.165) is 5.56 Å². The molecule has 1 aliphatic heterocycles. The SMILES string of the molecule is CN1CC(Cc2ccccc2)C(=O)C1=O. The molecule has 0 radical (unpaired) electrons. The van der Waals surface area contributed by atoms with Crippen molar-refractivity contribution in [3.05, 3.63) is 35.9 Å². The standard InChI is InChI=1S/C12H13NO2/c1-13-8-10(11(14)12(13)15)7-9-5-3-2-4-6-9/h2-6,10H,7-8H2,1H3. The quantitative estimate of drug-likeness (QED) is 0.669. The van der Waals surface area contributed by atoms with Gasteiger partial charge in [0, 0.05) is 19.5 Å². The third-order valence-corrected chi connectivity index (χ3v) is 2.75. The zero-order valence-electron chi connectivity index (χ0n) is 8.64. The second kappa shape index (κ2) is 3.85. The van der Waals surface area contributed by atoms with Crippen LogP contribution in [0.5, 0.6) is 0 Å². The molecule has 0 aliphatic carbocycles. The van der Waals surface area contributed by atoms with Crippen LogP contribution in [-0.4, -0.2) is 30.2 Å². The minimum atomic E-state index is -0.351. The first kappa shape index (κ1) is 9.90. The van der Waals surface area contributed by atoms with Crippen molar-refractivity contribution in [1.82, 2.24) is 4.90 Å². The predicted molar refractivity (Wildman–Crippen MR) is 56.3 cm³/mol. The Labute approximate surface area is 88.7 Å². The molecule has 0 aromatic heterocycles. The third-order valence-electron chi connectivity index (χ3n) is 2.75. The molecule has 15 heavy (non-hydrogen) atoms. The number of carbonyl (C=O) groups is 2. The summed E-state index contributed by atoms with van der Waals surface area (Å²) in [4.78, 5) is 24.3. The molecule has 1 unspecified atom stereocenters. The van der Waals surface area contributed by atoms with Crippen molar-refractivity contribution in [3.8, 4) is 0 Å². The molecule has 1 amide bonds. The average Bonchev–Trinajstić information content (AvgIpc) is 2.48. The normalized spacial score (nSPS) is 21.1. The molecule has 1 saturated heterocycles. The van der Waals surface area contributed by atoms with E-state index in [4.69, 9.17) is 0 Å². The predicted octanol–water partition coefficient (Wildman–Crippen LogP) is 0.886. The fraction of sp³-hybridized carbons (Fsp3) is 0.333. The van der Waals surface area contributed by atoms with Gasteiger partial charge in [0.05, 0.1) is 0 Å². The Morgan fingerprint density at radius 3 is 2.47 bits per heavy atom. The fourth-order valence-electron chi connectivity index (χ4n) is 1.91. The van der Waals surface area contributed by atoms with Gasteiger partial charge in [-0.25, -0.2) is 0 Å². The van der Waals surface area contributed by atoms with E-state index in [2.05, 4.69) is 0 Å². The van der Waals surface area contributed by atoms with Crippen molar-refractivity contribution in [3.63, 3.8) is 0 Å². The highest BCUT2D eigenvalue weighted by atomic mass is 16.2. The summed E-state index contributed by atoms with van der Waals surface area (Å²) in [6, 6.07) is 9.80. The maximum absolute atomic E-state index is 11.5. The lowest BCUT2D eigenvalue weighted by molar-refractivity contribution is -0.140. The number of rotatable bonds is 2. The molecule has 1 fully saturated rings. The number of likely N-dealkylation sites (N-methyl/N-ethyl adjacent to an activating group) is 1. The minimum absolute atomic E-state index is 0.162. The van der Waals surface area contributed by atoms with Gasteiger partial charge in [-0.2, -0.15) is 0 Å². The summed E-state index contributed by atoms with van der Waals surface area (Å²) in [5.41, 5.74) is 1.11. The Hall–Kier alpha value is -1.64. The zero-order valence-corrected chi connectivity index (χ0v) is 8.64. The van der Waals surface area contributed by atoms with Crippen molar-refractivity contribution in [2.24, 2.45) is 5.92 Å². The number of ketones is 1. The Balaban J connectivity index is 2.09. The summed E-state index contributed by atoms with van der Waals surface area (Å²) < 4.78 is 0. The molecule has 1 aliphatic rings. The van der Waals surface area contributed by atoms with Crippen LogP contribution in [0, 0.1) is 5.92 Å². The van der Waals surface area contributed by atoms with Crippen LogP contribution in [0.2, 0.25) is 0 Å². The first-order valence-electron chi connectivity index (χ1n) is 5.01. The van der Waals surface area contributed by atoms with Gasteiger partial charge in [-0.05, 0) is 12.0 Å². The van der Waals surface area contributed by atoms with Gasteiger partial charge < -0.3 is 4.90 Å². The summed E-state index contributed by atoms with van der Waals surface area (Å²) in [6.45, 7) is 0.548. The Kier molecular flexibility index (Phi) is 2.54. The number of hydrogen-bond acceptors (Lipinski definition) is 2. The highest BCUT2D eigenvalue weighted by Gasteiger charge is 2.36. The summed E-state index contributed by atoms with van der Waals surface area (Å²) in [6.07, 6.45) is 0.662. The van der Waals surface area contributed by atoms with E-state index in [1.165, 1.54) is 4.90 Å². The Morgan fingerprint density at radius 2 is 1.93 bits per heavy atom. The summed E-state index contributed by atoms with van der Waals surface area (Å²) in [7, 11) is 1.67. The monoisotopic (exact) mass is 203 g/mol. The van der Waals surface area contributed by atoms with Crippen LogP contribution in [0.25, 0.3) is 0 Å². The molecule has 0 bridgehead atoms. The molecule has 1 heterocycles. The largest absolute Gasteiger partial charge is 0.338 e. The number of benzene rings is 1. The second-order valence-corrected chi connectivity index (χ2v) is 3.94. The fourth-order valence-corrected chi connectivity index (χ4v) is 1.91. The summed E-state index contributed by atoms with van der Waals surface area (Å²) in [5.74, 6) is -0.762. The van der Waals surface area contributed by atoms with E-state index >= 15 is 0 Å². The second-order valence-electron chi connectivity index (χ2n) is 3.94. The van der Waals surface area contributed by atoms with Gasteiger partial charge in [-0.1, -0.05) is 30.3 Å². The molecular formula is C12H13NO2. The lowest BCUT2D eigenvalue weighted by Crippen LogP contribution is -2.22. The number of hydrogen-bond donors (Lipinski definition) is 0. The van der Waals surface area contributed by atoms with Gasteiger partial charge in [0.15, 0.2) is 0 Å². The van der Waals surface area contributed by atoms with Gasteiger partial charge in [-0.3, -0.25) is 9.59 Å². The van der Waals surface area contributed by atoms with Crippen molar-refractivity contribution in [2.75, 3.05) is 13.6 Å². The molecular weight excluding hydrogens is 190 g/mol. The van der Waals surface area contributed by atoms with Crippen LogP contribution >= 0.6 is 0 Å². The van der Waals surface area contributed by atoms with Crippen molar-refractivity contribution in [1.29, 1.82) is 0 Å². The van der Waals surface area contributed by atoms with E-state index in [1.807, 2.05) is 30.3 Å². The molecule has 1 aromatic rings. The zero-order chi connectivity index (χ0) is 10.8. The van der Waals surface area contributed by atoms with Crippen LogP contribution in [-0.2, 0) is 16.0 Å². The van der Waals surface area contributed by atoms with E-state index in [1.54, 1.807) is 7.05 Å². The van der Waals surface area contributed by atoms with Crippen LogP contribution < -0.4 is 0 Å². The number of Topliss-reactive ketones (excluding diaryl/α,β-unsaturated/α-hetero) is 1. The van der Waals surface area contributed by atoms with Gasteiger partial charge in [0.1, 0.15) is 0 Å². The highest BCUT2D eigenvalue weighted by molar-refractivity contribution is 6.38. The van der Waals surface area contributed by atoms with Crippen LogP contribution in [0.1, 0.15) is 5.56 Å². The number of likely N-dealkylation sites (tertiary alicyclic amines) is 1. The minimum Gasteiger partial charge on any atom is -0.338 e. The lowest BCUT2D eigenvalue weighted by atomic mass is 9.98. The van der Waals surface area contributed by atoms with Gasteiger partial charge in [-0.15, -0.1) is 0 Å². The molecule has 0 N–H and O–H groups in total. The number of nitrogens with zero attached hydrogens (tertiary/aromatic N) is 1. The molecule has 2 rings (SSSR count). The topological polar surface area (TPSA) is 37.4 Å². The molecule has 3 nitrogen and oxygen atoms in total. The summed E-state index contributed by atoms with van der Waals surface area (Å²) >= 11 is 0. The van der Waals surface area contributed by atoms with Gasteiger partial charge in [0.25, 0.3) is 5.91 Å². The molecule has 78 valence electrons. The first-order valence-corrected chi connectivity index (χ1v) is 5.01. The molecule has 1 aromatic carbocycles. The molecule has 0 spiro atoms. The molecule has 0 saturated carbocycles. The van der Waals surface area contributed by atoms with Crippen LogP contribution in [0.3, 0.4) is 0 Å². The van der Waals surface area contributed by atoms with E-state index in [-0.39, 0.29) is 17.6 Å².